The number of nitrogens with zero attached hydrogens (tertiary/aromatic N) is 4. The minimum atomic E-state index is -3.16. The Morgan fingerprint density at radius 3 is 2.86 bits per heavy atom. The van der Waals surface area contributed by atoms with Gasteiger partial charge in [-0.3, -0.25) is 5.10 Å². The summed E-state index contributed by atoms with van der Waals surface area (Å²) in [5, 5.41) is 6.84. The second-order valence-corrected chi connectivity index (χ2v) is 7.64. The largest absolute Gasteiger partial charge is 0.276 e. The maximum absolute atomic E-state index is 11.8. The molecule has 2 aromatic rings. The van der Waals surface area contributed by atoms with Gasteiger partial charge >= 0.3 is 0 Å². The fraction of sp³-hybridized carbons (Fsp3) is 0.500. The molecule has 1 unspecified atom stereocenters. The Bertz CT molecular complexity index is 758. The maximum atomic E-state index is 11.8. The summed E-state index contributed by atoms with van der Waals surface area (Å²) in [7, 11) is -3.16. The summed E-state index contributed by atoms with van der Waals surface area (Å²) in [5.74, 6) is 0.783. The van der Waals surface area contributed by atoms with E-state index in [1.54, 1.807) is 6.20 Å². The number of sulfonamides is 1. The summed E-state index contributed by atoms with van der Waals surface area (Å²) in [4.78, 5) is 8.94. The zero-order valence-corrected chi connectivity index (χ0v) is 13.5. The van der Waals surface area contributed by atoms with Crippen LogP contribution in [0.5, 0.6) is 0 Å². The lowest BCUT2D eigenvalue weighted by atomic mass is 9.95. The molecular weight excluding hydrogens is 302 g/mol. The van der Waals surface area contributed by atoms with Crippen molar-refractivity contribution in [2.24, 2.45) is 0 Å². The molecule has 0 spiro atoms. The van der Waals surface area contributed by atoms with Gasteiger partial charge in [-0.05, 0) is 31.9 Å². The molecule has 118 valence electrons. The van der Waals surface area contributed by atoms with Crippen molar-refractivity contribution in [1.29, 1.82) is 0 Å². The molecule has 3 rings (SSSR count). The summed E-state index contributed by atoms with van der Waals surface area (Å²) in [6.07, 6.45) is 4.72. The minimum Gasteiger partial charge on any atom is -0.276 e. The average molecular weight is 321 g/mol. The third kappa shape index (κ3) is 3.17. The molecule has 3 heterocycles. The molecule has 1 atom stereocenters. The molecule has 7 nitrogen and oxygen atoms in total. The normalized spacial score (nSPS) is 20.2. The first kappa shape index (κ1) is 15.1. The number of aromatic nitrogens is 4. The van der Waals surface area contributed by atoms with Crippen LogP contribution >= 0.6 is 0 Å². The summed E-state index contributed by atoms with van der Waals surface area (Å²) in [6, 6.07) is 3.78. The minimum absolute atomic E-state index is 0.104. The highest BCUT2D eigenvalue weighted by atomic mass is 32.2. The van der Waals surface area contributed by atoms with Crippen LogP contribution in [-0.2, 0) is 10.0 Å². The molecule has 0 saturated carbocycles. The molecule has 0 aliphatic carbocycles. The Kier molecular flexibility index (Phi) is 3.96. The fourth-order valence-corrected chi connectivity index (χ4v) is 3.73. The predicted octanol–water partition coefficient (Wildman–Crippen LogP) is 1.31. The summed E-state index contributed by atoms with van der Waals surface area (Å²) in [5.41, 5.74) is 2.52. The van der Waals surface area contributed by atoms with Gasteiger partial charge in [-0.15, -0.1) is 0 Å². The number of rotatable bonds is 3. The number of aromatic amines is 1. The molecule has 0 amide bonds. The van der Waals surface area contributed by atoms with Gasteiger partial charge in [0, 0.05) is 30.9 Å². The lowest BCUT2D eigenvalue weighted by Gasteiger charge is -2.30. The topological polar surface area (TPSA) is 91.8 Å². The van der Waals surface area contributed by atoms with Crippen LogP contribution < -0.4 is 0 Å². The fourth-order valence-electron chi connectivity index (χ4n) is 2.82. The SMILES string of the molecule is Cc1nc(-c2ccn[nH]2)cc(C2CCCN(S(C)(=O)=O)C2)n1. The van der Waals surface area contributed by atoms with Crippen LogP contribution in [0, 0.1) is 6.92 Å². The second kappa shape index (κ2) is 5.77. The first-order valence-corrected chi connectivity index (χ1v) is 9.09. The number of H-pyrrole nitrogens is 1. The number of piperidine rings is 1. The summed E-state index contributed by atoms with van der Waals surface area (Å²) < 4.78 is 25.1. The molecule has 22 heavy (non-hydrogen) atoms. The zero-order valence-electron chi connectivity index (χ0n) is 12.7. The van der Waals surface area contributed by atoms with Gasteiger partial charge in [-0.2, -0.15) is 5.10 Å². The van der Waals surface area contributed by atoms with Crippen molar-refractivity contribution in [3.05, 3.63) is 29.8 Å². The van der Waals surface area contributed by atoms with Crippen molar-refractivity contribution in [1.82, 2.24) is 24.5 Å². The zero-order chi connectivity index (χ0) is 15.7. The van der Waals surface area contributed by atoms with Crippen molar-refractivity contribution in [2.75, 3.05) is 19.3 Å². The highest BCUT2D eigenvalue weighted by molar-refractivity contribution is 7.88. The number of aryl methyl sites for hydroxylation is 1. The number of hydrogen-bond acceptors (Lipinski definition) is 5. The molecule has 1 aliphatic rings. The van der Waals surface area contributed by atoms with E-state index in [1.807, 2.05) is 19.1 Å². The van der Waals surface area contributed by atoms with E-state index in [0.29, 0.717) is 18.9 Å². The number of hydrogen-bond donors (Lipinski definition) is 1. The van der Waals surface area contributed by atoms with E-state index < -0.39 is 10.0 Å². The molecular formula is C14H19N5O2S. The van der Waals surface area contributed by atoms with Crippen molar-refractivity contribution in [2.45, 2.75) is 25.7 Å². The van der Waals surface area contributed by atoms with Crippen LogP contribution in [0.3, 0.4) is 0 Å². The van der Waals surface area contributed by atoms with E-state index >= 15 is 0 Å². The van der Waals surface area contributed by atoms with Gasteiger partial charge in [0.25, 0.3) is 0 Å². The average Bonchev–Trinajstić information content (AvgIpc) is 3.00. The van der Waals surface area contributed by atoms with E-state index in [4.69, 9.17) is 0 Å². The highest BCUT2D eigenvalue weighted by Crippen LogP contribution is 2.28. The van der Waals surface area contributed by atoms with Crippen molar-refractivity contribution >= 4 is 10.0 Å². The third-order valence-corrected chi connectivity index (χ3v) is 5.18. The van der Waals surface area contributed by atoms with Crippen LogP contribution in [0.1, 0.15) is 30.3 Å². The van der Waals surface area contributed by atoms with Gasteiger partial charge < -0.3 is 0 Å². The quantitative estimate of drug-likeness (QED) is 0.920. The van der Waals surface area contributed by atoms with Crippen LogP contribution in [0.4, 0.5) is 0 Å². The van der Waals surface area contributed by atoms with Crippen molar-refractivity contribution < 1.29 is 8.42 Å². The van der Waals surface area contributed by atoms with Crippen LogP contribution in [-0.4, -0.2) is 52.2 Å². The predicted molar refractivity (Wildman–Crippen MR) is 82.7 cm³/mol. The van der Waals surface area contributed by atoms with Gasteiger partial charge in [0.05, 0.1) is 17.6 Å². The van der Waals surface area contributed by atoms with E-state index in [2.05, 4.69) is 20.2 Å². The van der Waals surface area contributed by atoms with Crippen LogP contribution in [0.25, 0.3) is 11.4 Å². The van der Waals surface area contributed by atoms with Crippen LogP contribution in [0.2, 0.25) is 0 Å². The molecule has 1 fully saturated rings. The Balaban J connectivity index is 1.91. The van der Waals surface area contributed by atoms with E-state index in [0.717, 1.165) is 29.9 Å². The lowest BCUT2D eigenvalue weighted by Crippen LogP contribution is -2.38. The molecule has 2 aromatic heterocycles. The van der Waals surface area contributed by atoms with Gasteiger partial charge in [0.15, 0.2) is 0 Å². The molecule has 0 aromatic carbocycles. The molecule has 0 bridgehead atoms. The van der Waals surface area contributed by atoms with Crippen LogP contribution in [0.15, 0.2) is 18.3 Å². The second-order valence-electron chi connectivity index (χ2n) is 5.66. The molecule has 8 heteroatoms. The Morgan fingerprint density at radius 2 is 2.18 bits per heavy atom. The highest BCUT2D eigenvalue weighted by Gasteiger charge is 2.28. The van der Waals surface area contributed by atoms with E-state index in [1.165, 1.54) is 10.6 Å². The molecule has 1 saturated heterocycles. The van der Waals surface area contributed by atoms with Crippen molar-refractivity contribution in [3.63, 3.8) is 0 Å². The smallest absolute Gasteiger partial charge is 0.211 e. The Labute approximate surface area is 129 Å². The van der Waals surface area contributed by atoms with E-state index in [9.17, 15) is 8.42 Å². The standard InChI is InChI=1S/C14H19N5O2S/c1-10-16-13(8-14(17-10)12-5-6-15-18-12)11-4-3-7-19(9-11)22(2,20)21/h5-6,8,11H,3-4,7,9H2,1-2H3,(H,15,18). The Hall–Kier alpha value is -1.80. The maximum Gasteiger partial charge on any atom is 0.211 e. The molecule has 0 radical (unpaired) electrons. The first-order valence-electron chi connectivity index (χ1n) is 7.24. The number of nitrogens with one attached hydrogen (secondary N) is 1. The van der Waals surface area contributed by atoms with Crippen molar-refractivity contribution in [3.8, 4) is 11.4 Å². The van der Waals surface area contributed by atoms with E-state index in [-0.39, 0.29) is 5.92 Å². The lowest BCUT2D eigenvalue weighted by molar-refractivity contribution is 0.314. The summed E-state index contributed by atoms with van der Waals surface area (Å²) >= 11 is 0. The monoisotopic (exact) mass is 321 g/mol. The van der Waals surface area contributed by atoms with Gasteiger partial charge in [-0.1, -0.05) is 0 Å². The third-order valence-electron chi connectivity index (χ3n) is 3.91. The molecule has 1 aliphatic heterocycles. The first-order chi connectivity index (χ1) is 10.4. The van der Waals surface area contributed by atoms with Gasteiger partial charge in [0.2, 0.25) is 10.0 Å². The molecule has 1 N–H and O–H groups in total. The Morgan fingerprint density at radius 1 is 1.36 bits per heavy atom. The van der Waals surface area contributed by atoms with Gasteiger partial charge in [-0.25, -0.2) is 22.7 Å². The van der Waals surface area contributed by atoms with Gasteiger partial charge in [0.1, 0.15) is 5.82 Å². The summed E-state index contributed by atoms with van der Waals surface area (Å²) in [6.45, 7) is 2.92.